The zero-order valence-corrected chi connectivity index (χ0v) is 46.8. The minimum Gasteiger partial charge on any atom is -0.514 e. The molecule has 70 heavy (non-hydrogen) atoms. The van der Waals surface area contributed by atoms with Crippen LogP contribution in [0.1, 0.15) is 41.5 Å². The van der Waals surface area contributed by atoms with Crippen LogP contribution < -0.4 is 37.9 Å². The van der Waals surface area contributed by atoms with Gasteiger partial charge in [-0.3, -0.25) is 0 Å². The number of hydrogen-bond acceptors (Lipinski definition) is 8. The smallest absolute Gasteiger partial charge is 0.230 e. The van der Waals surface area contributed by atoms with Crippen molar-refractivity contribution in [3.8, 4) is 68.2 Å². The van der Waals surface area contributed by atoms with Crippen LogP contribution in [0.4, 0.5) is 0 Å². The van der Waals surface area contributed by atoms with E-state index in [-0.39, 0.29) is 104 Å². The molecule has 0 heterocycles. The van der Waals surface area contributed by atoms with Crippen LogP contribution in [0.5, 0.6) is 46.0 Å². The van der Waals surface area contributed by atoms with E-state index in [0.717, 1.165) is 68.2 Å². The van der Waals surface area contributed by atoms with Gasteiger partial charge in [0.05, 0.1) is 5.60 Å². The molecule has 0 amide bonds. The minimum atomic E-state index is -0.216. The summed E-state index contributed by atoms with van der Waals surface area (Å²) >= 11 is 0. The van der Waals surface area contributed by atoms with Gasteiger partial charge in [-0.1, -0.05) is 84.9 Å². The molecule has 8 aromatic carbocycles. The average molecular weight is 1090 g/mol. The van der Waals surface area contributed by atoms with Crippen molar-refractivity contribution in [3.63, 3.8) is 0 Å². The van der Waals surface area contributed by atoms with Gasteiger partial charge in [0.15, 0.2) is 0 Å². The van der Waals surface area contributed by atoms with Gasteiger partial charge in [-0.25, -0.2) is 0 Å². The van der Waals surface area contributed by atoms with Crippen LogP contribution >= 0.6 is 0 Å². The fourth-order valence-electron chi connectivity index (χ4n) is 6.09. The van der Waals surface area contributed by atoms with Gasteiger partial charge < -0.3 is 45.3 Å². The Balaban J connectivity index is 0.000000365. The van der Waals surface area contributed by atoms with Gasteiger partial charge in [0.1, 0.15) is 40.1 Å². The Kier molecular flexibility index (Phi) is 25.9. The van der Waals surface area contributed by atoms with Gasteiger partial charge >= 0.3 is 0 Å². The van der Waals surface area contributed by atoms with Crippen LogP contribution in [0.2, 0.25) is 0 Å². The number of hydrogen-bond donors (Lipinski definition) is 0. The normalized spacial score (nSPS) is 10.3. The average Bonchev–Trinajstić information content (AvgIpc) is 3.33. The number of ether oxygens (including phenoxy) is 8. The monoisotopic (exact) mass is 1090 g/mol. The zero-order chi connectivity index (χ0) is 47.2. The third-order valence-corrected chi connectivity index (χ3v) is 9.15. The van der Waals surface area contributed by atoms with Crippen LogP contribution in [0.15, 0.2) is 206 Å². The van der Waals surface area contributed by atoms with E-state index in [1.807, 2.05) is 224 Å². The van der Waals surface area contributed by atoms with Crippen LogP contribution in [0.25, 0.3) is 22.3 Å². The SMILES string of the molecule is CC(C)(C)Oc1cc[c-]cc1.CC(C)(C)Oc1ccc(-c2ccc(OCOc3ccc(-c4ccc(OCOc5ccccc5)cc4)cc3)cc2)cc1.[CH3-].[Y].[Y].[c-]1ccc(OCOc2ccccc2)cc1. The van der Waals surface area contributed by atoms with Gasteiger partial charge in [-0.15, -0.1) is 24.3 Å². The number of benzene rings is 8. The molecule has 0 fully saturated rings. The summed E-state index contributed by atoms with van der Waals surface area (Å²) in [5.41, 5.74) is 4.07. The fraction of sp³-hybridized carbons (Fsp3) is 0.183. The molecule has 0 unspecified atom stereocenters. The molecule has 0 saturated heterocycles. The molecule has 0 aliphatic rings. The van der Waals surface area contributed by atoms with Gasteiger partial charge in [-0.05, 0) is 137 Å². The van der Waals surface area contributed by atoms with Crippen molar-refractivity contribution in [2.45, 2.75) is 52.7 Å². The standard InChI is InChI=1S/C36H34O5.C13H11O2.C10H13O.CH3.2Y/c1-36(2,3)41-35-23-15-30(16-24-35)29-13-21-34(22-14-29)40-26-39-33-19-11-28(12-20-33)27-9-17-32(18-10-27)38-25-37-31-7-5-4-6-8-31;1-3-7-12(8-4-1)14-11-15-13-9-5-2-6-10-13;1-10(2,3)11-9-7-5-4-6-8-9;;;/h4-24H,25-26H2,1-3H3;1,3-10H,11H2;5-8H,1-3H3;1H3;;/q;3*-1;;. The van der Waals surface area contributed by atoms with Gasteiger partial charge in [-0.2, -0.15) is 36.4 Å². The predicted octanol–water partition coefficient (Wildman–Crippen LogP) is 15.0. The number of para-hydroxylation sites is 2. The third-order valence-electron chi connectivity index (χ3n) is 9.15. The molecule has 8 nitrogen and oxygen atoms in total. The van der Waals surface area contributed by atoms with Crippen molar-refractivity contribution in [2.75, 3.05) is 20.4 Å². The van der Waals surface area contributed by atoms with E-state index in [1.54, 1.807) is 12.1 Å². The van der Waals surface area contributed by atoms with Gasteiger partial charge in [0.2, 0.25) is 20.4 Å². The Bertz CT molecular complexity index is 2530. The Morgan fingerprint density at radius 2 is 0.500 bits per heavy atom. The van der Waals surface area contributed by atoms with Crippen molar-refractivity contribution < 1.29 is 103 Å². The molecule has 0 spiro atoms. The number of rotatable bonds is 16. The zero-order valence-electron chi connectivity index (χ0n) is 41.2. The Morgan fingerprint density at radius 1 is 0.286 bits per heavy atom. The minimum absolute atomic E-state index is 0. The summed E-state index contributed by atoms with van der Waals surface area (Å²) in [5.74, 6) is 6.36. The molecule has 0 aromatic heterocycles. The molecule has 0 bridgehead atoms. The summed E-state index contributed by atoms with van der Waals surface area (Å²) in [6.45, 7) is 12.7. The molecule has 0 atom stereocenters. The first kappa shape index (κ1) is 58.7. The summed E-state index contributed by atoms with van der Waals surface area (Å²) in [6, 6.07) is 71.8. The first-order chi connectivity index (χ1) is 32.4. The van der Waals surface area contributed by atoms with Crippen LogP contribution in [-0.2, 0) is 65.4 Å². The first-order valence-electron chi connectivity index (χ1n) is 22.0. The van der Waals surface area contributed by atoms with Crippen molar-refractivity contribution in [2.24, 2.45) is 0 Å². The Labute approximate surface area is 466 Å². The van der Waals surface area contributed by atoms with Crippen LogP contribution in [-0.4, -0.2) is 31.6 Å². The molecule has 0 aliphatic heterocycles. The van der Waals surface area contributed by atoms with E-state index in [9.17, 15) is 0 Å². The van der Waals surface area contributed by atoms with E-state index < -0.39 is 0 Å². The molecule has 0 saturated carbocycles. The van der Waals surface area contributed by atoms with Gasteiger partial charge in [0, 0.05) is 76.9 Å². The molecule has 8 rings (SSSR count). The molecular weight excluding hydrogens is 1030 g/mol. The first-order valence-corrected chi connectivity index (χ1v) is 22.0. The van der Waals surface area contributed by atoms with E-state index in [4.69, 9.17) is 37.9 Å². The van der Waals surface area contributed by atoms with Gasteiger partial charge in [0.25, 0.3) is 0 Å². The maximum absolute atomic E-state index is 5.91. The quantitative estimate of drug-likeness (QED) is 0.0700. The Hall–Kier alpha value is -5.63. The summed E-state index contributed by atoms with van der Waals surface area (Å²) in [4.78, 5) is 0. The fourth-order valence-corrected chi connectivity index (χ4v) is 6.09. The van der Waals surface area contributed by atoms with Crippen molar-refractivity contribution in [1.29, 1.82) is 0 Å². The van der Waals surface area contributed by atoms with Crippen molar-refractivity contribution in [3.05, 3.63) is 226 Å². The van der Waals surface area contributed by atoms with Crippen LogP contribution in [0.3, 0.4) is 0 Å². The van der Waals surface area contributed by atoms with E-state index in [1.165, 1.54) is 0 Å². The molecule has 0 N–H and O–H groups in total. The largest absolute Gasteiger partial charge is 0.514 e. The van der Waals surface area contributed by atoms with E-state index in [0.29, 0.717) is 0 Å². The van der Waals surface area contributed by atoms with E-state index in [2.05, 4.69) is 24.3 Å². The molecule has 2 radical (unpaired) electrons. The molecular formula is C60H61O8Y2-3. The summed E-state index contributed by atoms with van der Waals surface area (Å²) < 4.78 is 45.1. The molecule has 8 aromatic rings. The molecule has 0 aliphatic carbocycles. The maximum atomic E-state index is 5.91. The second-order valence-corrected chi connectivity index (χ2v) is 16.8. The molecule has 358 valence electrons. The maximum Gasteiger partial charge on any atom is 0.230 e. The van der Waals surface area contributed by atoms with Crippen LogP contribution in [0, 0.1) is 19.6 Å². The topological polar surface area (TPSA) is 73.8 Å². The second kappa shape index (κ2) is 30.9. The van der Waals surface area contributed by atoms with Crippen molar-refractivity contribution in [1.82, 2.24) is 0 Å². The summed E-state index contributed by atoms with van der Waals surface area (Å²) in [5, 5.41) is 0. The Morgan fingerprint density at radius 3 is 0.771 bits per heavy atom. The van der Waals surface area contributed by atoms with E-state index >= 15 is 0 Å². The third kappa shape index (κ3) is 22.4. The molecule has 10 heteroatoms. The predicted molar refractivity (Wildman–Crippen MR) is 273 cm³/mol. The summed E-state index contributed by atoms with van der Waals surface area (Å²) in [7, 11) is 0. The van der Waals surface area contributed by atoms with Crippen molar-refractivity contribution >= 4 is 0 Å². The second-order valence-electron chi connectivity index (χ2n) is 16.8. The summed E-state index contributed by atoms with van der Waals surface area (Å²) in [6.07, 6.45) is 0.